The Bertz CT molecular complexity index is 885. The Morgan fingerprint density at radius 2 is 1.27 bits per heavy atom. The van der Waals surface area contributed by atoms with E-state index in [-0.39, 0.29) is 0 Å². The standard InChI is InChI=1S/C13H24NO3Si.C2F6NO4S2/c1-5-6-7-13-8-10-14(11-9-13)12-18(15-2,16-3)17-4;3-1(4,5)14(10,11)9-15(12,13)2(6,7)8/h8-11H,5-7,12H2,1-4H3;/q+1;-1. The number of nitrogens with zero attached hydrogens (tertiary/aromatic N) is 2. The molecule has 0 saturated carbocycles. The van der Waals surface area contributed by atoms with Crippen molar-refractivity contribution < 1.29 is 61.0 Å². The van der Waals surface area contributed by atoms with Crippen LogP contribution in [0.2, 0.25) is 0 Å². The number of aromatic nitrogens is 1. The minimum Gasteiger partial charge on any atom is -0.421 e. The molecule has 0 N–H and O–H groups in total. The summed E-state index contributed by atoms with van der Waals surface area (Å²) in [5, 5.41) is 0. The number of hydrogen-bond acceptors (Lipinski definition) is 7. The molecule has 9 nitrogen and oxygen atoms in total. The predicted molar refractivity (Wildman–Crippen MR) is 105 cm³/mol. The first-order chi connectivity index (χ1) is 14.9. The Kier molecular flexibility index (Phi) is 11.9. The van der Waals surface area contributed by atoms with Gasteiger partial charge in [-0.05, 0) is 18.4 Å². The monoisotopic (exact) mass is 550 g/mol. The van der Waals surface area contributed by atoms with E-state index in [4.69, 9.17) is 13.3 Å². The van der Waals surface area contributed by atoms with Crippen molar-refractivity contribution in [2.24, 2.45) is 0 Å². The molecule has 0 spiro atoms. The molecule has 18 heteroatoms. The van der Waals surface area contributed by atoms with E-state index in [1.54, 1.807) is 21.3 Å². The van der Waals surface area contributed by atoms with E-state index in [9.17, 15) is 43.2 Å². The molecule has 0 saturated heterocycles. The molecular weight excluding hydrogens is 526 g/mol. The van der Waals surface area contributed by atoms with Gasteiger partial charge < -0.3 is 17.4 Å². The van der Waals surface area contributed by atoms with Crippen LogP contribution in [0.5, 0.6) is 0 Å². The third kappa shape index (κ3) is 9.83. The van der Waals surface area contributed by atoms with Crippen LogP contribution in [0.4, 0.5) is 26.3 Å². The van der Waals surface area contributed by atoms with Crippen LogP contribution in [0.25, 0.3) is 4.13 Å². The van der Waals surface area contributed by atoms with E-state index in [0.29, 0.717) is 6.17 Å². The summed E-state index contributed by atoms with van der Waals surface area (Å²) in [7, 11) is -11.1. The zero-order chi connectivity index (χ0) is 26.1. The van der Waals surface area contributed by atoms with Crippen LogP contribution >= 0.6 is 0 Å². The summed E-state index contributed by atoms with van der Waals surface area (Å²) in [6.45, 7) is 2.21. The summed E-state index contributed by atoms with van der Waals surface area (Å²) >= 11 is 0. The topological polar surface area (TPSA) is 114 Å². The quantitative estimate of drug-likeness (QED) is 0.250. The third-order valence-electron chi connectivity index (χ3n) is 3.87. The van der Waals surface area contributed by atoms with Gasteiger partial charge in [0.25, 0.3) is 0 Å². The van der Waals surface area contributed by atoms with Crippen molar-refractivity contribution in [1.82, 2.24) is 0 Å². The highest BCUT2D eigenvalue weighted by Gasteiger charge is 2.47. The van der Waals surface area contributed by atoms with Crippen molar-refractivity contribution in [3.05, 3.63) is 34.2 Å². The van der Waals surface area contributed by atoms with Crippen molar-refractivity contribution in [3.8, 4) is 0 Å². The molecule has 0 unspecified atom stereocenters. The van der Waals surface area contributed by atoms with E-state index >= 15 is 0 Å². The zero-order valence-corrected chi connectivity index (χ0v) is 20.6. The largest absolute Gasteiger partial charge is 0.569 e. The Hall–Kier alpha value is -1.31. The van der Waals surface area contributed by atoms with E-state index < -0.39 is 39.9 Å². The molecule has 0 amide bonds. The van der Waals surface area contributed by atoms with Crippen LogP contribution in [-0.4, -0.2) is 58.0 Å². The fourth-order valence-corrected chi connectivity index (χ4v) is 5.28. The fraction of sp³-hybridized carbons (Fsp3) is 0.667. The van der Waals surface area contributed by atoms with Crippen molar-refractivity contribution >= 4 is 28.9 Å². The molecule has 1 heterocycles. The molecule has 194 valence electrons. The van der Waals surface area contributed by atoms with Gasteiger partial charge in [-0.3, -0.25) is 0 Å². The lowest BCUT2D eigenvalue weighted by Crippen LogP contribution is -2.56. The van der Waals surface area contributed by atoms with Crippen molar-refractivity contribution in [3.63, 3.8) is 0 Å². The first kappa shape index (κ1) is 31.7. The highest BCUT2D eigenvalue weighted by molar-refractivity contribution is 8.13. The Morgan fingerprint density at radius 1 is 0.879 bits per heavy atom. The Balaban J connectivity index is 0.000000633. The summed E-state index contributed by atoms with van der Waals surface area (Å²) in [5.74, 6) is 0. The maximum atomic E-state index is 11.4. The van der Waals surface area contributed by atoms with Crippen LogP contribution in [0.3, 0.4) is 0 Å². The first-order valence-electron chi connectivity index (χ1n) is 8.90. The Morgan fingerprint density at radius 3 is 1.58 bits per heavy atom. The van der Waals surface area contributed by atoms with Gasteiger partial charge in [0, 0.05) is 33.5 Å². The van der Waals surface area contributed by atoms with Gasteiger partial charge in [-0.1, -0.05) is 13.3 Å². The molecule has 0 radical (unpaired) electrons. The lowest BCUT2D eigenvalue weighted by molar-refractivity contribution is -0.685. The van der Waals surface area contributed by atoms with E-state index in [2.05, 4.69) is 36.0 Å². The maximum Gasteiger partial charge on any atom is 0.569 e. The zero-order valence-electron chi connectivity index (χ0n) is 18.0. The van der Waals surface area contributed by atoms with Gasteiger partial charge in [0.2, 0.25) is 6.17 Å². The molecule has 0 aromatic carbocycles. The van der Waals surface area contributed by atoms with Gasteiger partial charge in [-0.25, -0.2) is 21.4 Å². The first-order valence-corrected chi connectivity index (χ1v) is 13.7. The number of hydrogen-bond donors (Lipinski definition) is 0. The molecule has 1 rings (SSSR count). The molecular formula is C15H24F6N2O7S2Si. The van der Waals surface area contributed by atoms with E-state index in [0.717, 1.165) is 10.5 Å². The second-order valence-electron chi connectivity index (χ2n) is 6.19. The number of sulfonamides is 2. The van der Waals surface area contributed by atoms with Gasteiger partial charge in [-0.15, -0.1) is 0 Å². The smallest absolute Gasteiger partial charge is 0.421 e. The van der Waals surface area contributed by atoms with Crippen LogP contribution < -0.4 is 4.57 Å². The molecule has 0 fully saturated rings. The second kappa shape index (κ2) is 12.4. The molecule has 0 atom stereocenters. The van der Waals surface area contributed by atoms with Crippen molar-refractivity contribution in [2.75, 3.05) is 21.3 Å². The molecule has 1 aromatic rings. The number of rotatable bonds is 10. The third-order valence-corrected chi connectivity index (χ3v) is 9.23. The van der Waals surface area contributed by atoms with E-state index in [1.807, 2.05) is 0 Å². The van der Waals surface area contributed by atoms with Crippen molar-refractivity contribution in [2.45, 2.75) is 43.4 Å². The molecule has 0 aliphatic carbocycles. The summed E-state index contributed by atoms with van der Waals surface area (Å²) in [4.78, 5) is 0. The molecule has 33 heavy (non-hydrogen) atoms. The van der Waals surface area contributed by atoms with Crippen LogP contribution in [0, 0.1) is 0 Å². The number of aryl methyl sites for hydroxylation is 1. The lowest BCUT2D eigenvalue weighted by atomic mass is 10.1. The average Bonchev–Trinajstić information content (AvgIpc) is 2.69. The van der Waals surface area contributed by atoms with Crippen LogP contribution in [0.1, 0.15) is 25.3 Å². The second-order valence-corrected chi connectivity index (χ2v) is 12.5. The molecule has 0 aliphatic rings. The Labute approximate surface area is 189 Å². The van der Waals surface area contributed by atoms with Crippen molar-refractivity contribution in [1.29, 1.82) is 0 Å². The number of pyridine rings is 1. The summed E-state index contributed by atoms with van der Waals surface area (Å²) < 4.78 is 127. The predicted octanol–water partition coefficient (Wildman–Crippen LogP) is 2.79. The number of alkyl halides is 6. The minimum absolute atomic E-state index is 0.630. The normalized spacial score (nSPS) is 13.4. The van der Waals surface area contributed by atoms with E-state index in [1.165, 1.54) is 18.4 Å². The molecule has 0 aliphatic heterocycles. The van der Waals surface area contributed by atoms with Gasteiger partial charge in [0.1, 0.15) is 0 Å². The molecule has 1 aromatic heterocycles. The van der Waals surface area contributed by atoms with Gasteiger partial charge >= 0.3 is 19.8 Å². The van der Waals surface area contributed by atoms with Gasteiger partial charge in [0.05, 0.1) is 0 Å². The highest BCUT2D eigenvalue weighted by atomic mass is 32.3. The maximum absolute atomic E-state index is 11.4. The summed E-state index contributed by atoms with van der Waals surface area (Å²) in [6, 6.07) is 4.30. The molecule has 0 bridgehead atoms. The highest BCUT2D eigenvalue weighted by Crippen LogP contribution is 2.36. The number of unbranched alkanes of at least 4 members (excludes halogenated alkanes) is 1. The average molecular weight is 551 g/mol. The summed E-state index contributed by atoms with van der Waals surface area (Å²) in [5.41, 5.74) is -11.0. The number of halogens is 6. The van der Waals surface area contributed by atoms with Crippen LogP contribution in [0.15, 0.2) is 24.5 Å². The van der Waals surface area contributed by atoms with Gasteiger partial charge in [0.15, 0.2) is 32.4 Å². The van der Waals surface area contributed by atoms with Crippen LogP contribution in [-0.2, 0) is 45.9 Å². The summed E-state index contributed by atoms with van der Waals surface area (Å²) in [6.07, 6.45) is 8.34. The minimum atomic E-state index is -6.72. The SMILES string of the molecule is CCCCc1cc[n+](C[Si](OC)(OC)OC)cc1.O=S(=O)([N-]S(=O)(=O)C(F)(F)F)C(F)(F)F. The van der Waals surface area contributed by atoms with Gasteiger partial charge in [-0.2, -0.15) is 26.3 Å². The fourth-order valence-electron chi connectivity index (χ4n) is 2.02. The lowest BCUT2D eigenvalue weighted by Gasteiger charge is -2.22.